The first-order chi connectivity index (χ1) is 21.9. The fraction of sp³-hybridized carbons (Fsp3) is 0.342. The summed E-state index contributed by atoms with van der Waals surface area (Å²) in [5.74, 6) is -1.43. The number of nitrogens with zero attached hydrogens (tertiary/aromatic N) is 1. The molecule has 0 unspecified atom stereocenters. The molecule has 0 bridgehead atoms. The molecule has 0 radical (unpaired) electrons. The molecule has 1 aliphatic heterocycles. The van der Waals surface area contributed by atoms with Crippen molar-refractivity contribution in [2.45, 2.75) is 62.1 Å². The molecule has 6 rings (SSSR count). The van der Waals surface area contributed by atoms with Crippen LogP contribution >= 0.6 is 15.9 Å². The lowest BCUT2D eigenvalue weighted by Gasteiger charge is -2.42. The van der Waals surface area contributed by atoms with Crippen molar-refractivity contribution in [3.8, 4) is 11.5 Å². The van der Waals surface area contributed by atoms with Crippen molar-refractivity contribution in [3.63, 3.8) is 0 Å². The van der Waals surface area contributed by atoms with E-state index < -0.39 is 22.6 Å². The van der Waals surface area contributed by atoms with E-state index in [9.17, 15) is 0 Å². The number of amidine groups is 1. The van der Waals surface area contributed by atoms with Crippen LogP contribution in [0.15, 0.2) is 107 Å². The monoisotopic (exact) mass is 688 g/mol. The highest BCUT2D eigenvalue weighted by molar-refractivity contribution is 9.10. The molecule has 1 heterocycles. The third-order valence-corrected chi connectivity index (χ3v) is 9.93. The highest BCUT2D eigenvalue weighted by Gasteiger charge is 2.64. The molecule has 0 saturated heterocycles. The van der Waals surface area contributed by atoms with Crippen molar-refractivity contribution < 1.29 is 23.0 Å². The highest BCUT2D eigenvalue weighted by atomic mass is 79.9. The number of rotatable bonds is 8. The smallest absolute Gasteiger partial charge is 0.304 e. The Morgan fingerprint density at radius 1 is 0.804 bits per heavy atom. The summed E-state index contributed by atoms with van der Waals surface area (Å²) < 4.78 is 51.8. The number of aliphatic imine (C=N–C) groups is 1. The lowest BCUT2D eigenvalue weighted by atomic mass is 9.75. The van der Waals surface area contributed by atoms with Crippen LogP contribution in [-0.4, -0.2) is 38.2 Å². The molecule has 0 aromatic heterocycles. The van der Waals surface area contributed by atoms with Gasteiger partial charge in [-0.3, -0.25) is 4.99 Å². The van der Waals surface area contributed by atoms with Gasteiger partial charge in [-0.25, -0.2) is 8.78 Å². The van der Waals surface area contributed by atoms with Gasteiger partial charge < -0.3 is 19.5 Å². The Labute approximate surface area is 278 Å². The minimum Gasteiger partial charge on any atom is -0.497 e. The average molecular weight is 690 g/mol. The first-order valence-electron chi connectivity index (χ1n) is 15.5. The van der Waals surface area contributed by atoms with Gasteiger partial charge in [-0.05, 0) is 104 Å². The molecular weight excluding hydrogens is 650 g/mol. The number of hydrogen-bond acceptors (Lipinski definition) is 5. The van der Waals surface area contributed by atoms with Gasteiger partial charge >= 0.3 is 5.92 Å². The number of ether oxygens (including phenoxy) is 3. The fourth-order valence-corrected chi connectivity index (χ4v) is 6.96. The van der Waals surface area contributed by atoms with Crippen LogP contribution in [0.3, 0.4) is 0 Å². The maximum Gasteiger partial charge on any atom is 0.304 e. The van der Waals surface area contributed by atoms with Gasteiger partial charge in [0.2, 0.25) is 0 Å². The van der Waals surface area contributed by atoms with E-state index in [4.69, 9.17) is 19.2 Å². The standard InChI is InChI=1S/C38H39BrF2N2O3/c1-35(2)38(40,41)36(3,33-23-29(39)17-22-32(33)25-11-12-25)42-34(24-46-35)43-37(26-9-7-6-8-10-26,27-13-18-30(44-4)19-14-27)28-15-20-31(45-5)21-16-28/h6-10,13-23,25H,11-12,24H2,1-5H3,(H,42,43)/t36-/m1/s1. The molecule has 5 nitrogen and oxygen atoms in total. The summed E-state index contributed by atoms with van der Waals surface area (Å²) >= 11 is 3.56. The Kier molecular flexibility index (Phi) is 8.49. The normalized spacial score (nSPS) is 20.7. The molecule has 4 aromatic rings. The largest absolute Gasteiger partial charge is 0.497 e. The van der Waals surface area contributed by atoms with Gasteiger partial charge in [0.05, 0.1) is 14.2 Å². The molecule has 1 aliphatic carbocycles. The molecule has 1 saturated carbocycles. The third-order valence-electron chi connectivity index (χ3n) is 9.44. The molecule has 2 aliphatic rings. The molecular formula is C38H39BrF2N2O3. The zero-order chi connectivity index (χ0) is 32.7. The van der Waals surface area contributed by atoms with E-state index in [1.165, 1.54) is 13.8 Å². The van der Waals surface area contributed by atoms with E-state index in [0.29, 0.717) is 22.9 Å². The predicted octanol–water partition coefficient (Wildman–Crippen LogP) is 8.98. The summed E-state index contributed by atoms with van der Waals surface area (Å²) in [6.45, 7) is 4.31. The Hall–Kier alpha value is -3.75. The molecule has 0 spiro atoms. The molecule has 4 aromatic carbocycles. The van der Waals surface area contributed by atoms with Crippen LogP contribution in [-0.2, 0) is 15.8 Å². The quantitative estimate of drug-likeness (QED) is 0.188. The number of alkyl halides is 2. The molecule has 46 heavy (non-hydrogen) atoms. The summed E-state index contributed by atoms with van der Waals surface area (Å²) in [6.07, 6.45) is 1.94. The predicted molar refractivity (Wildman–Crippen MR) is 181 cm³/mol. The summed E-state index contributed by atoms with van der Waals surface area (Å²) in [5, 5.41) is 3.71. The van der Waals surface area contributed by atoms with Crippen LogP contribution in [0.1, 0.15) is 67.3 Å². The Morgan fingerprint density at radius 2 is 1.35 bits per heavy atom. The van der Waals surface area contributed by atoms with Crippen molar-refractivity contribution in [3.05, 3.63) is 129 Å². The maximum absolute atomic E-state index is 17.0. The number of methoxy groups -OCH3 is 2. The zero-order valence-electron chi connectivity index (χ0n) is 26.7. The third kappa shape index (κ3) is 5.49. The van der Waals surface area contributed by atoms with Crippen LogP contribution in [0.25, 0.3) is 0 Å². The van der Waals surface area contributed by atoms with Crippen molar-refractivity contribution in [1.82, 2.24) is 5.32 Å². The molecule has 1 atom stereocenters. The van der Waals surface area contributed by atoms with Gasteiger partial charge in [0.15, 0.2) is 5.54 Å². The maximum atomic E-state index is 17.0. The Morgan fingerprint density at radius 3 is 1.87 bits per heavy atom. The second-order valence-electron chi connectivity index (χ2n) is 12.7. The summed E-state index contributed by atoms with van der Waals surface area (Å²) in [4.78, 5) is 5.03. The average Bonchev–Trinajstić information content (AvgIpc) is 3.92. The highest BCUT2D eigenvalue weighted by Crippen LogP contribution is 2.54. The van der Waals surface area contributed by atoms with E-state index in [1.54, 1.807) is 21.1 Å². The Balaban J connectivity index is 1.61. The van der Waals surface area contributed by atoms with Crippen LogP contribution in [0.2, 0.25) is 0 Å². The summed E-state index contributed by atoms with van der Waals surface area (Å²) in [7, 11) is 3.25. The number of halogens is 3. The second kappa shape index (κ2) is 12.1. The lowest BCUT2D eigenvalue weighted by molar-refractivity contribution is -0.213. The van der Waals surface area contributed by atoms with Gasteiger partial charge in [-0.15, -0.1) is 0 Å². The van der Waals surface area contributed by atoms with Crippen molar-refractivity contribution in [2.75, 3.05) is 20.8 Å². The van der Waals surface area contributed by atoms with E-state index >= 15 is 8.78 Å². The molecule has 8 heteroatoms. The molecule has 240 valence electrons. The minimum atomic E-state index is -3.37. The Bertz CT molecular complexity index is 1670. The van der Waals surface area contributed by atoms with Gasteiger partial charge in [-0.1, -0.05) is 76.6 Å². The summed E-state index contributed by atoms with van der Waals surface area (Å²) in [5.41, 5.74) is -0.782. The molecule has 1 N–H and O–H groups in total. The minimum absolute atomic E-state index is 0.147. The van der Waals surface area contributed by atoms with Crippen LogP contribution in [0.4, 0.5) is 8.78 Å². The van der Waals surface area contributed by atoms with E-state index in [2.05, 4.69) is 21.2 Å². The fourth-order valence-electron chi connectivity index (χ4n) is 6.59. The van der Waals surface area contributed by atoms with Crippen LogP contribution in [0.5, 0.6) is 11.5 Å². The second-order valence-corrected chi connectivity index (χ2v) is 13.6. The molecule has 1 fully saturated rings. The number of nitrogens with one attached hydrogen (secondary N) is 1. The van der Waals surface area contributed by atoms with Gasteiger partial charge in [-0.2, -0.15) is 0 Å². The molecule has 0 amide bonds. The lowest BCUT2D eigenvalue weighted by Crippen LogP contribution is -2.56. The van der Waals surface area contributed by atoms with Gasteiger partial charge in [0.1, 0.15) is 35.1 Å². The van der Waals surface area contributed by atoms with E-state index in [0.717, 1.165) is 39.6 Å². The van der Waals surface area contributed by atoms with Crippen molar-refractivity contribution in [2.24, 2.45) is 4.99 Å². The zero-order valence-corrected chi connectivity index (χ0v) is 28.3. The number of hydrogen-bond donors (Lipinski definition) is 1. The van der Waals surface area contributed by atoms with Gasteiger partial charge in [0, 0.05) is 4.47 Å². The van der Waals surface area contributed by atoms with Crippen LogP contribution < -0.4 is 14.8 Å². The summed E-state index contributed by atoms with van der Waals surface area (Å²) in [6, 6.07) is 31.2. The first-order valence-corrected chi connectivity index (χ1v) is 16.3. The van der Waals surface area contributed by atoms with E-state index in [-0.39, 0.29) is 12.5 Å². The van der Waals surface area contributed by atoms with Crippen molar-refractivity contribution in [1.29, 1.82) is 0 Å². The van der Waals surface area contributed by atoms with E-state index in [1.807, 2.05) is 97.1 Å². The van der Waals surface area contributed by atoms with Crippen molar-refractivity contribution >= 4 is 21.8 Å². The first kappa shape index (κ1) is 32.2. The van der Waals surface area contributed by atoms with Gasteiger partial charge in [0.25, 0.3) is 0 Å². The number of benzene rings is 4. The van der Waals surface area contributed by atoms with Crippen LogP contribution in [0, 0.1) is 0 Å². The topological polar surface area (TPSA) is 52.1 Å². The SMILES string of the molecule is COc1ccc(C(NC2=N[C@](C)(c3cc(Br)ccc3C3CC3)C(F)(F)C(C)(C)OC2)(c2ccccc2)c2ccc(OC)cc2)cc1.